The fraction of sp³-hybridized carbons (Fsp3) is 0.591. The third-order valence-corrected chi connectivity index (χ3v) is 6.06. The molecule has 0 bridgehead atoms. The molecule has 0 saturated carbocycles. The lowest BCUT2D eigenvalue weighted by Gasteiger charge is -2.28. The first-order valence-corrected chi connectivity index (χ1v) is 10.8. The number of halogens is 1. The van der Waals surface area contributed by atoms with E-state index >= 15 is 0 Å². The summed E-state index contributed by atoms with van der Waals surface area (Å²) in [4.78, 5) is 9.43. The summed E-state index contributed by atoms with van der Waals surface area (Å²) < 4.78 is 11.5. The highest BCUT2D eigenvalue weighted by molar-refractivity contribution is 14.0. The molecule has 0 aromatic carbocycles. The van der Waals surface area contributed by atoms with Crippen LogP contribution in [0.4, 0.5) is 0 Å². The van der Waals surface area contributed by atoms with E-state index in [1.165, 1.54) is 25.7 Å². The van der Waals surface area contributed by atoms with Crippen molar-refractivity contribution in [1.82, 2.24) is 20.4 Å². The molecule has 2 aliphatic heterocycles. The van der Waals surface area contributed by atoms with Crippen molar-refractivity contribution in [2.45, 2.75) is 37.8 Å². The number of guanidine groups is 1. The molecule has 2 N–H and O–H groups in total. The molecule has 2 atom stereocenters. The van der Waals surface area contributed by atoms with Gasteiger partial charge >= 0.3 is 0 Å². The van der Waals surface area contributed by atoms with E-state index in [0.717, 1.165) is 56.7 Å². The second-order valence-electron chi connectivity index (χ2n) is 7.88. The van der Waals surface area contributed by atoms with Gasteiger partial charge in [0.15, 0.2) is 5.96 Å². The monoisotopic (exact) mass is 527 g/mol. The zero-order chi connectivity index (χ0) is 19.9. The first-order chi connectivity index (χ1) is 14.3. The Morgan fingerprint density at radius 2 is 1.30 bits per heavy atom. The normalized spacial score (nSPS) is 19.2. The number of hydrogen-bond donors (Lipinski definition) is 2. The largest absolute Gasteiger partial charge is 0.468 e. The molecule has 2 unspecified atom stereocenters. The summed E-state index contributed by atoms with van der Waals surface area (Å²) in [6, 6.07) is 8.53. The van der Waals surface area contributed by atoms with Crippen LogP contribution >= 0.6 is 24.0 Å². The number of likely N-dealkylation sites (tertiary alicyclic amines) is 2. The summed E-state index contributed by atoms with van der Waals surface area (Å²) in [5.41, 5.74) is 0. The van der Waals surface area contributed by atoms with E-state index in [1.54, 1.807) is 12.5 Å². The summed E-state index contributed by atoms with van der Waals surface area (Å²) in [6.45, 7) is 6.01. The first-order valence-electron chi connectivity index (χ1n) is 10.8. The minimum absolute atomic E-state index is 0. The van der Waals surface area contributed by atoms with Gasteiger partial charge in [0.05, 0.1) is 24.6 Å². The summed E-state index contributed by atoms with van der Waals surface area (Å²) >= 11 is 0. The molecule has 0 aliphatic carbocycles. The predicted octanol–water partition coefficient (Wildman–Crippen LogP) is 3.63. The molecule has 2 aliphatic rings. The second kappa shape index (κ2) is 11.8. The van der Waals surface area contributed by atoms with E-state index in [1.807, 2.05) is 19.2 Å². The highest BCUT2D eigenvalue weighted by Crippen LogP contribution is 2.26. The van der Waals surface area contributed by atoms with Crippen molar-refractivity contribution in [3.63, 3.8) is 0 Å². The van der Waals surface area contributed by atoms with Gasteiger partial charge in [0.2, 0.25) is 0 Å². The van der Waals surface area contributed by atoms with E-state index in [4.69, 9.17) is 8.83 Å². The lowest BCUT2D eigenvalue weighted by Crippen LogP contribution is -2.45. The molecule has 0 amide bonds. The Bertz CT molecular complexity index is 677. The summed E-state index contributed by atoms with van der Waals surface area (Å²) in [6.07, 6.45) is 8.54. The number of hydrogen-bond acceptors (Lipinski definition) is 5. The lowest BCUT2D eigenvalue weighted by molar-refractivity contribution is 0.211. The summed E-state index contributed by atoms with van der Waals surface area (Å²) in [7, 11) is 1.82. The topological polar surface area (TPSA) is 69.2 Å². The van der Waals surface area contributed by atoms with E-state index in [0.29, 0.717) is 0 Å². The molecule has 4 heterocycles. The maximum absolute atomic E-state index is 5.73. The van der Waals surface area contributed by atoms with Crippen molar-refractivity contribution in [2.75, 3.05) is 46.3 Å². The van der Waals surface area contributed by atoms with Gasteiger partial charge in [-0.1, -0.05) is 0 Å². The Hall–Kier alpha value is -1.52. The van der Waals surface area contributed by atoms with Crippen molar-refractivity contribution < 1.29 is 8.83 Å². The second-order valence-corrected chi connectivity index (χ2v) is 7.88. The predicted molar refractivity (Wildman–Crippen MR) is 129 cm³/mol. The van der Waals surface area contributed by atoms with Crippen molar-refractivity contribution in [3.05, 3.63) is 48.3 Å². The molecule has 166 valence electrons. The van der Waals surface area contributed by atoms with Crippen LogP contribution in [0.2, 0.25) is 0 Å². The Morgan fingerprint density at radius 1 is 0.867 bits per heavy atom. The molecule has 2 fully saturated rings. The minimum Gasteiger partial charge on any atom is -0.468 e. The standard InChI is InChI=1S/C22H33N5O2.HI/c1-23-22(24-16-18(20-8-6-14-28-20)26-10-2-3-11-26)25-17-19(21-9-7-15-29-21)27-12-4-5-13-27;/h6-9,14-15,18-19H,2-5,10-13,16-17H2,1H3,(H2,23,24,25);1H. The number of aliphatic imine (C=N–C) groups is 1. The van der Waals surface area contributed by atoms with Crippen molar-refractivity contribution in [3.8, 4) is 0 Å². The molecule has 8 heteroatoms. The van der Waals surface area contributed by atoms with Gasteiger partial charge in [-0.2, -0.15) is 0 Å². The van der Waals surface area contributed by atoms with Gasteiger partial charge in [0.1, 0.15) is 11.5 Å². The molecule has 4 rings (SSSR count). The molecule has 2 saturated heterocycles. The Kier molecular flexibility index (Phi) is 9.07. The molecule has 7 nitrogen and oxygen atoms in total. The average Bonchev–Trinajstić information content (AvgIpc) is 3.55. The van der Waals surface area contributed by atoms with E-state index in [9.17, 15) is 0 Å². The number of rotatable bonds is 8. The number of nitrogens with one attached hydrogen (secondary N) is 2. The highest BCUT2D eigenvalue weighted by atomic mass is 127. The van der Waals surface area contributed by atoms with Crippen molar-refractivity contribution >= 4 is 29.9 Å². The SMILES string of the molecule is CN=C(NCC(c1ccco1)N1CCCC1)NCC(c1ccco1)N1CCCC1.I. The van der Waals surface area contributed by atoms with Crippen LogP contribution in [-0.4, -0.2) is 62.1 Å². The molecule has 0 spiro atoms. The zero-order valence-electron chi connectivity index (χ0n) is 17.8. The van der Waals surface area contributed by atoms with Crippen LogP contribution < -0.4 is 10.6 Å². The van der Waals surface area contributed by atoms with Crippen molar-refractivity contribution in [1.29, 1.82) is 0 Å². The summed E-state index contributed by atoms with van der Waals surface area (Å²) in [5.74, 6) is 2.84. The van der Waals surface area contributed by atoms with Crippen LogP contribution in [0.3, 0.4) is 0 Å². The molecule has 0 radical (unpaired) electrons. The quantitative estimate of drug-likeness (QED) is 0.311. The van der Waals surface area contributed by atoms with Crippen LogP contribution in [0.1, 0.15) is 49.3 Å². The number of nitrogens with zero attached hydrogens (tertiary/aromatic N) is 3. The third-order valence-electron chi connectivity index (χ3n) is 6.06. The fourth-order valence-electron chi connectivity index (χ4n) is 4.49. The Morgan fingerprint density at radius 3 is 1.63 bits per heavy atom. The van der Waals surface area contributed by atoms with Gasteiger partial charge in [-0.05, 0) is 76.1 Å². The van der Waals surface area contributed by atoms with Crippen molar-refractivity contribution in [2.24, 2.45) is 4.99 Å². The van der Waals surface area contributed by atoms with Gasteiger partial charge < -0.3 is 19.5 Å². The van der Waals surface area contributed by atoms with E-state index < -0.39 is 0 Å². The fourth-order valence-corrected chi connectivity index (χ4v) is 4.49. The average molecular weight is 527 g/mol. The molecule has 30 heavy (non-hydrogen) atoms. The van der Waals surface area contributed by atoms with Gasteiger partial charge in [-0.25, -0.2) is 0 Å². The maximum Gasteiger partial charge on any atom is 0.191 e. The summed E-state index contributed by atoms with van der Waals surface area (Å²) in [5, 5.41) is 7.03. The molecule has 2 aromatic rings. The Balaban J connectivity index is 0.00000256. The van der Waals surface area contributed by atoms with Crippen LogP contribution in [-0.2, 0) is 0 Å². The third kappa shape index (κ3) is 5.79. The number of furan rings is 2. The van der Waals surface area contributed by atoms with Gasteiger partial charge in [0.25, 0.3) is 0 Å². The van der Waals surface area contributed by atoms with Gasteiger partial charge in [-0.3, -0.25) is 14.8 Å². The van der Waals surface area contributed by atoms with E-state index in [2.05, 4.69) is 37.6 Å². The Labute approximate surface area is 196 Å². The zero-order valence-corrected chi connectivity index (χ0v) is 20.1. The molecular weight excluding hydrogens is 493 g/mol. The minimum atomic E-state index is 0. The maximum atomic E-state index is 5.73. The molecular formula is C22H34IN5O2. The highest BCUT2D eigenvalue weighted by Gasteiger charge is 2.27. The van der Waals surface area contributed by atoms with Crippen LogP contribution in [0.15, 0.2) is 50.6 Å². The smallest absolute Gasteiger partial charge is 0.191 e. The van der Waals surface area contributed by atoms with E-state index in [-0.39, 0.29) is 36.1 Å². The van der Waals surface area contributed by atoms with Crippen LogP contribution in [0, 0.1) is 0 Å². The van der Waals surface area contributed by atoms with Crippen LogP contribution in [0.5, 0.6) is 0 Å². The van der Waals surface area contributed by atoms with Crippen LogP contribution in [0.25, 0.3) is 0 Å². The lowest BCUT2D eigenvalue weighted by atomic mass is 10.2. The first kappa shape index (κ1) is 23.1. The van der Waals surface area contributed by atoms with Gasteiger partial charge in [-0.15, -0.1) is 24.0 Å². The van der Waals surface area contributed by atoms with Gasteiger partial charge in [0, 0.05) is 20.1 Å². The molecule has 2 aromatic heterocycles.